The van der Waals surface area contributed by atoms with Crippen LogP contribution in [0.25, 0.3) is 0 Å². The first-order chi connectivity index (χ1) is 14.5. The Morgan fingerprint density at radius 2 is 2.03 bits per heavy atom. The van der Waals surface area contributed by atoms with Crippen LogP contribution < -0.4 is 5.73 Å². The summed E-state index contributed by atoms with van der Waals surface area (Å²) in [6, 6.07) is 8.64. The maximum atomic E-state index is 13.5. The van der Waals surface area contributed by atoms with Gasteiger partial charge in [-0.2, -0.15) is 10.5 Å². The Bertz CT molecular complexity index is 977. The second-order valence-electron chi connectivity index (χ2n) is 9.05. The van der Waals surface area contributed by atoms with E-state index in [4.69, 9.17) is 27.3 Å². The number of amides is 2. The highest BCUT2D eigenvalue weighted by molar-refractivity contribution is 6.31. The number of halogens is 1. The summed E-state index contributed by atoms with van der Waals surface area (Å²) in [5.41, 5.74) is 5.33. The van der Waals surface area contributed by atoms with Gasteiger partial charge in [-0.05, 0) is 51.3 Å². The average molecular weight is 444 g/mol. The summed E-state index contributed by atoms with van der Waals surface area (Å²) in [6.45, 7) is 5.80. The Balaban J connectivity index is 1.96. The lowest BCUT2D eigenvalue weighted by Crippen LogP contribution is -2.65. The molecule has 2 saturated heterocycles. The first-order valence-electron chi connectivity index (χ1n) is 10.2. The molecular weight excluding hydrogens is 418 g/mol. The molecule has 8 nitrogen and oxygen atoms in total. The summed E-state index contributed by atoms with van der Waals surface area (Å²) in [5, 5.41) is 18.8. The monoisotopic (exact) mass is 443 g/mol. The number of carbonyl (C=O) groups excluding carboxylic acids is 2. The van der Waals surface area contributed by atoms with Gasteiger partial charge in [-0.15, -0.1) is 0 Å². The zero-order chi connectivity index (χ0) is 23.0. The van der Waals surface area contributed by atoms with Crippen LogP contribution in [0.5, 0.6) is 0 Å². The van der Waals surface area contributed by atoms with Crippen LogP contribution >= 0.6 is 11.6 Å². The second kappa shape index (κ2) is 8.37. The van der Waals surface area contributed by atoms with Gasteiger partial charge >= 0.3 is 6.09 Å². The minimum Gasteiger partial charge on any atom is -0.444 e. The van der Waals surface area contributed by atoms with Crippen molar-refractivity contribution < 1.29 is 14.3 Å². The number of benzene rings is 1. The van der Waals surface area contributed by atoms with Crippen LogP contribution in [0.4, 0.5) is 4.79 Å². The van der Waals surface area contributed by atoms with Crippen LogP contribution in [0.3, 0.4) is 0 Å². The number of hydrogen-bond acceptors (Lipinski definition) is 6. The third-order valence-corrected chi connectivity index (χ3v) is 5.99. The predicted octanol–water partition coefficient (Wildman–Crippen LogP) is 3.11. The molecule has 2 heterocycles. The Labute approximate surface area is 187 Å². The molecule has 1 unspecified atom stereocenters. The van der Waals surface area contributed by atoms with Gasteiger partial charge in [0, 0.05) is 25.4 Å². The molecule has 1 aromatic carbocycles. The fourth-order valence-corrected chi connectivity index (χ4v) is 4.41. The van der Waals surface area contributed by atoms with Gasteiger partial charge in [0.25, 0.3) is 5.91 Å². The largest absolute Gasteiger partial charge is 0.444 e. The van der Waals surface area contributed by atoms with E-state index in [1.165, 1.54) is 9.80 Å². The highest BCUT2D eigenvalue weighted by Crippen LogP contribution is 2.40. The minimum absolute atomic E-state index is 0.155. The molecular formula is C22H26ClN5O3. The van der Waals surface area contributed by atoms with Crippen LogP contribution in [0.1, 0.15) is 57.1 Å². The fraction of sp³-hybridized carbons (Fsp3) is 0.545. The zero-order valence-corrected chi connectivity index (χ0v) is 18.6. The first-order valence-corrected chi connectivity index (χ1v) is 10.6. The molecule has 3 atom stereocenters. The van der Waals surface area contributed by atoms with Gasteiger partial charge in [-0.1, -0.05) is 17.7 Å². The standard InChI is InChI=1S/C22H26ClN5O3/c1-21(2,3)31-20(30)28-13-16(14-6-7-15(11-24)18(23)9-14)10-22(28,26)19(29)27-8-4-5-17(27)12-25/h6-7,9,16-17H,4-5,8,10,13,26H2,1-3H3/t16-,17?,22+/m1/s1. The number of hydrogen-bond donors (Lipinski definition) is 1. The van der Waals surface area contributed by atoms with Crippen molar-refractivity contribution in [3.8, 4) is 12.1 Å². The number of nitrogens with two attached hydrogens (primary N) is 1. The maximum Gasteiger partial charge on any atom is 0.412 e. The summed E-state index contributed by atoms with van der Waals surface area (Å²) in [7, 11) is 0. The van der Waals surface area contributed by atoms with Crippen molar-refractivity contribution in [3.63, 3.8) is 0 Å². The molecule has 164 valence electrons. The smallest absolute Gasteiger partial charge is 0.412 e. The van der Waals surface area contributed by atoms with Gasteiger partial charge < -0.3 is 15.4 Å². The van der Waals surface area contributed by atoms with Gasteiger partial charge in [0.2, 0.25) is 0 Å². The van der Waals surface area contributed by atoms with Gasteiger partial charge in [0.05, 0.1) is 16.7 Å². The van der Waals surface area contributed by atoms with Crippen LogP contribution in [0.15, 0.2) is 18.2 Å². The SMILES string of the molecule is CC(C)(C)OC(=O)N1C[C@H](c2ccc(C#N)c(Cl)c2)C[C@@]1(N)C(=O)N1CCCC1C#N. The highest BCUT2D eigenvalue weighted by atomic mass is 35.5. The molecule has 0 saturated carbocycles. The van der Waals surface area contributed by atoms with Gasteiger partial charge in [-0.3, -0.25) is 9.69 Å². The van der Waals surface area contributed by atoms with Crippen molar-refractivity contribution in [2.75, 3.05) is 13.1 Å². The first kappa shape index (κ1) is 22.9. The van der Waals surface area contributed by atoms with E-state index < -0.39 is 29.3 Å². The lowest BCUT2D eigenvalue weighted by Gasteiger charge is -2.37. The molecule has 0 bridgehead atoms. The zero-order valence-electron chi connectivity index (χ0n) is 17.9. The summed E-state index contributed by atoms with van der Waals surface area (Å²) in [6.07, 6.45) is 0.765. The number of rotatable bonds is 2. The lowest BCUT2D eigenvalue weighted by atomic mass is 9.92. The lowest BCUT2D eigenvalue weighted by molar-refractivity contribution is -0.142. The number of nitriles is 2. The number of nitrogens with zero attached hydrogens (tertiary/aromatic N) is 4. The maximum absolute atomic E-state index is 13.5. The van der Waals surface area contributed by atoms with Crippen LogP contribution in [0.2, 0.25) is 5.02 Å². The molecule has 2 N–H and O–H groups in total. The topological polar surface area (TPSA) is 123 Å². The van der Waals surface area contributed by atoms with Gasteiger partial charge in [-0.25, -0.2) is 4.79 Å². The summed E-state index contributed by atoms with van der Waals surface area (Å²) in [4.78, 5) is 29.2. The molecule has 0 radical (unpaired) electrons. The van der Waals surface area contributed by atoms with Crippen LogP contribution in [-0.2, 0) is 9.53 Å². The van der Waals surface area contributed by atoms with E-state index in [0.29, 0.717) is 30.0 Å². The minimum atomic E-state index is -1.65. The van der Waals surface area contributed by atoms with Crippen molar-refractivity contribution in [1.29, 1.82) is 10.5 Å². The Morgan fingerprint density at radius 3 is 2.61 bits per heavy atom. The molecule has 0 spiro atoms. The molecule has 2 aliphatic rings. The normalized spacial score (nSPS) is 25.8. The third kappa shape index (κ3) is 4.46. The molecule has 0 aliphatic carbocycles. The van der Waals surface area contributed by atoms with E-state index in [9.17, 15) is 14.9 Å². The molecule has 0 aromatic heterocycles. The van der Waals surface area contributed by atoms with Crippen LogP contribution in [-0.4, -0.2) is 52.2 Å². The second-order valence-corrected chi connectivity index (χ2v) is 9.46. The molecule has 2 aliphatic heterocycles. The van der Waals surface area contributed by atoms with Crippen LogP contribution in [0, 0.1) is 22.7 Å². The van der Waals surface area contributed by atoms with Gasteiger partial charge in [0.15, 0.2) is 5.66 Å². The Kier molecular flexibility index (Phi) is 6.18. The Hall–Kier alpha value is -2.81. The fourth-order valence-electron chi connectivity index (χ4n) is 4.18. The van der Waals surface area contributed by atoms with E-state index in [0.717, 1.165) is 5.56 Å². The van der Waals surface area contributed by atoms with E-state index in [1.807, 2.05) is 6.07 Å². The Morgan fingerprint density at radius 1 is 1.32 bits per heavy atom. The van der Waals surface area contributed by atoms with Crippen molar-refractivity contribution in [2.45, 2.75) is 63.3 Å². The quantitative estimate of drug-likeness (QED) is 0.748. The molecule has 31 heavy (non-hydrogen) atoms. The van der Waals surface area contributed by atoms with Crippen molar-refractivity contribution in [2.24, 2.45) is 5.73 Å². The number of ether oxygens (including phenoxy) is 1. The molecule has 9 heteroatoms. The predicted molar refractivity (Wildman–Crippen MR) is 114 cm³/mol. The summed E-state index contributed by atoms with van der Waals surface area (Å²) < 4.78 is 5.53. The third-order valence-electron chi connectivity index (χ3n) is 5.67. The van der Waals surface area contributed by atoms with Crippen molar-refractivity contribution >= 4 is 23.6 Å². The van der Waals surface area contributed by atoms with E-state index >= 15 is 0 Å². The summed E-state index contributed by atoms with van der Waals surface area (Å²) >= 11 is 6.20. The number of carbonyl (C=O) groups is 2. The van der Waals surface area contributed by atoms with E-state index in [2.05, 4.69) is 6.07 Å². The summed E-state index contributed by atoms with van der Waals surface area (Å²) in [5.74, 6) is -0.737. The number of likely N-dealkylation sites (tertiary alicyclic amines) is 2. The highest BCUT2D eigenvalue weighted by Gasteiger charge is 2.55. The van der Waals surface area contributed by atoms with Gasteiger partial charge in [0.1, 0.15) is 17.7 Å². The van der Waals surface area contributed by atoms with E-state index in [-0.39, 0.29) is 18.9 Å². The molecule has 2 fully saturated rings. The molecule has 1 aromatic rings. The van der Waals surface area contributed by atoms with E-state index in [1.54, 1.807) is 39.0 Å². The van der Waals surface area contributed by atoms with Crippen molar-refractivity contribution in [1.82, 2.24) is 9.80 Å². The molecule has 2 amide bonds. The molecule has 3 rings (SSSR count). The van der Waals surface area contributed by atoms with Crippen molar-refractivity contribution in [3.05, 3.63) is 34.3 Å². The average Bonchev–Trinajstić information content (AvgIpc) is 3.31.